The van der Waals surface area contributed by atoms with Crippen molar-refractivity contribution < 1.29 is 0 Å². The zero-order chi connectivity index (χ0) is 6.12. The van der Waals surface area contributed by atoms with Gasteiger partial charge in [-0.2, -0.15) is 10.5 Å². The topological polar surface area (TPSA) is 47.6 Å². The van der Waals surface area contributed by atoms with Gasteiger partial charge >= 0.3 is 0 Å². The van der Waals surface area contributed by atoms with Gasteiger partial charge in [-0.15, -0.1) is 6.58 Å². The van der Waals surface area contributed by atoms with Crippen LogP contribution in [-0.2, 0) is 0 Å². The van der Waals surface area contributed by atoms with Gasteiger partial charge in [0.1, 0.15) is 0 Å². The minimum Gasteiger partial charge on any atom is -0.181 e. The molecule has 8 heavy (non-hydrogen) atoms. The summed E-state index contributed by atoms with van der Waals surface area (Å²) in [5.41, 5.74) is 0. The molecule has 0 aliphatic heterocycles. The molecule has 0 aromatic rings. The van der Waals surface area contributed by atoms with E-state index < -0.39 is 0 Å². The maximum Gasteiger partial charge on any atom is 0.181 e. The first kappa shape index (κ1) is 15.9. The summed E-state index contributed by atoms with van der Waals surface area (Å²) >= 11 is 0. The molecule has 2 heteroatoms. The molecule has 0 atom stereocenters. The van der Waals surface area contributed by atoms with Crippen molar-refractivity contribution >= 4 is 0 Å². The smallest absolute Gasteiger partial charge is 0.181 e. The lowest BCUT2D eigenvalue weighted by Crippen LogP contribution is -1.26. The van der Waals surface area contributed by atoms with Crippen molar-refractivity contribution in [3.63, 3.8) is 0 Å². The first-order valence-electron chi connectivity index (χ1n) is 1.68. The Morgan fingerprint density at radius 2 is 1.50 bits per heavy atom. The van der Waals surface area contributed by atoms with Crippen molar-refractivity contribution in [2.45, 2.75) is 14.4 Å². The molecule has 0 aromatic heterocycles. The van der Waals surface area contributed by atoms with Gasteiger partial charge in [0.05, 0.1) is 0 Å². The molecule has 44 valence electrons. The van der Waals surface area contributed by atoms with E-state index >= 15 is 0 Å². The molecule has 0 aromatic carbocycles. The van der Waals surface area contributed by atoms with Crippen LogP contribution in [0.2, 0.25) is 0 Å². The number of allylic oxidation sites excluding steroid dienone is 1. The Kier molecular flexibility index (Phi) is 85.5. The maximum absolute atomic E-state index is 7.26. The molecule has 0 rings (SSSR count). The molecule has 0 aliphatic carbocycles. The standard InChI is InChI=1S/C3H6.C2N2.CH4/c1-3-2;3-1-2-4;/h3H,1H2,2H3;;1H4. The molecule has 0 amide bonds. The second-order valence-electron chi connectivity index (χ2n) is 0.632. The molecule has 2 nitrogen and oxygen atoms in total. The lowest BCUT2D eigenvalue weighted by Gasteiger charge is -1.31. The van der Waals surface area contributed by atoms with Crippen LogP contribution in [0.25, 0.3) is 0 Å². The summed E-state index contributed by atoms with van der Waals surface area (Å²) in [6.07, 6.45) is 1.75. The van der Waals surface area contributed by atoms with Crippen LogP contribution >= 0.6 is 0 Å². The minimum atomic E-state index is 0. The first-order chi connectivity index (χ1) is 3.33. The van der Waals surface area contributed by atoms with E-state index in [9.17, 15) is 0 Å². The van der Waals surface area contributed by atoms with Crippen LogP contribution in [0.5, 0.6) is 0 Å². The van der Waals surface area contributed by atoms with E-state index in [1.807, 2.05) is 6.92 Å². The highest BCUT2D eigenvalue weighted by molar-refractivity contribution is 4.99. The van der Waals surface area contributed by atoms with E-state index in [-0.39, 0.29) is 7.43 Å². The van der Waals surface area contributed by atoms with Crippen molar-refractivity contribution in [1.29, 1.82) is 10.5 Å². The van der Waals surface area contributed by atoms with Crippen molar-refractivity contribution in [1.82, 2.24) is 0 Å². The lowest BCUT2D eigenvalue weighted by molar-refractivity contribution is 1.49. The molecule has 0 N–H and O–H groups in total. The minimum absolute atomic E-state index is 0. The maximum atomic E-state index is 7.26. The Bertz CT molecular complexity index is 90.7. The number of nitriles is 2. The van der Waals surface area contributed by atoms with Gasteiger partial charge in [-0.3, -0.25) is 0 Å². The lowest BCUT2D eigenvalue weighted by atomic mass is 10.8. The van der Waals surface area contributed by atoms with Crippen LogP contribution < -0.4 is 0 Å². The van der Waals surface area contributed by atoms with Crippen LogP contribution in [-0.4, -0.2) is 0 Å². The summed E-state index contributed by atoms with van der Waals surface area (Å²) < 4.78 is 0. The van der Waals surface area contributed by atoms with Crippen molar-refractivity contribution in [2.24, 2.45) is 0 Å². The third-order valence-electron chi connectivity index (χ3n) is 0.0500. The van der Waals surface area contributed by atoms with E-state index in [0.717, 1.165) is 0 Å². The third kappa shape index (κ3) is 833. The van der Waals surface area contributed by atoms with Gasteiger partial charge < -0.3 is 0 Å². The number of rotatable bonds is 0. The monoisotopic (exact) mass is 110 g/mol. The summed E-state index contributed by atoms with van der Waals surface area (Å²) in [6, 6.07) is 2.47. The molecule has 0 saturated carbocycles. The summed E-state index contributed by atoms with van der Waals surface area (Å²) in [6.45, 7) is 5.25. The first-order valence-corrected chi connectivity index (χ1v) is 1.68. The molecule has 0 aliphatic rings. The Labute approximate surface area is 50.7 Å². The Morgan fingerprint density at radius 3 is 1.50 bits per heavy atom. The molecule has 0 spiro atoms. The normalized spacial score (nSPS) is 2.88. The van der Waals surface area contributed by atoms with Gasteiger partial charge in [-0.05, 0) is 6.92 Å². The van der Waals surface area contributed by atoms with Gasteiger partial charge in [0.2, 0.25) is 0 Å². The quantitative estimate of drug-likeness (QED) is 0.447. The summed E-state index contributed by atoms with van der Waals surface area (Å²) in [5.74, 6) is 0. The molecular weight excluding hydrogens is 100 g/mol. The van der Waals surface area contributed by atoms with Gasteiger partial charge in [0.25, 0.3) is 0 Å². The fourth-order valence-electron chi connectivity index (χ4n) is 0. The number of hydrogen-bond acceptors (Lipinski definition) is 2. The van der Waals surface area contributed by atoms with Crippen LogP contribution in [0.4, 0.5) is 0 Å². The molecule has 0 unspecified atom stereocenters. The molecule has 0 fully saturated rings. The molecule has 0 radical (unpaired) electrons. The largest absolute Gasteiger partial charge is 0.181 e. The van der Waals surface area contributed by atoms with Crippen LogP contribution in [0, 0.1) is 22.7 Å². The van der Waals surface area contributed by atoms with Crippen molar-refractivity contribution in [3.05, 3.63) is 12.7 Å². The fraction of sp³-hybridized carbons (Fsp3) is 0.333. The zero-order valence-corrected chi connectivity index (χ0v) is 4.18. The van der Waals surface area contributed by atoms with Crippen LogP contribution in [0.1, 0.15) is 14.4 Å². The van der Waals surface area contributed by atoms with Gasteiger partial charge in [0.15, 0.2) is 12.1 Å². The van der Waals surface area contributed by atoms with Gasteiger partial charge in [0, 0.05) is 0 Å². The van der Waals surface area contributed by atoms with Gasteiger partial charge in [-0.1, -0.05) is 13.5 Å². The summed E-state index contributed by atoms with van der Waals surface area (Å²) in [4.78, 5) is 0. The predicted octanol–water partition coefficient (Wildman–Crippen LogP) is 1.86. The van der Waals surface area contributed by atoms with E-state index in [4.69, 9.17) is 10.5 Å². The molecule has 0 saturated heterocycles. The molecule has 0 heterocycles. The average molecular weight is 110 g/mol. The van der Waals surface area contributed by atoms with E-state index in [0.29, 0.717) is 0 Å². The highest BCUT2D eigenvalue weighted by Crippen LogP contribution is 1.38. The second-order valence-corrected chi connectivity index (χ2v) is 0.632. The SMILES string of the molecule is C.C=CC.N#CC#N. The fourth-order valence-corrected chi connectivity index (χ4v) is 0. The highest BCUT2D eigenvalue weighted by atomic mass is 14.3. The summed E-state index contributed by atoms with van der Waals surface area (Å²) in [7, 11) is 0. The Morgan fingerprint density at radius 1 is 1.38 bits per heavy atom. The summed E-state index contributed by atoms with van der Waals surface area (Å²) in [5, 5.41) is 14.5. The number of nitrogens with zero attached hydrogens (tertiary/aromatic N) is 2. The Hall–Kier alpha value is -1.28. The zero-order valence-electron chi connectivity index (χ0n) is 4.18. The second kappa shape index (κ2) is 43.1. The highest BCUT2D eigenvalue weighted by Gasteiger charge is 1.39. The van der Waals surface area contributed by atoms with Crippen molar-refractivity contribution in [2.75, 3.05) is 0 Å². The van der Waals surface area contributed by atoms with Crippen LogP contribution in [0.15, 0.2) is 12.7 Å². The van der Waals surface area contributed by atoms with Crippen molar-refractivity contribution in [3.8, 4) is 12.1 Å². The average Bonchev–Trinajstić information content (AvgIpc) is 1.69. The Balaban J connectivity index is -0.0000000575. The van der Waals surface area contributed by atoms with Gasteiger partial charge in [-0.25, -0.2) is 0 Å². The van der Waals surface area contributed by atoms with Crippen LogP contribution in [0.3, 0.4) is 0 Å². The molecular formula is C6H10N2. The van der Waals surface area contributed by atoms with E-state index in [2.05, 4.69) is 6.58 Å². The molecule has 0 bridgehead atoms. The number of hydrogen-bond donors (Lipinski definition) is 0. The third-order valence-corrected chi connectivity index (χ3v) is 0.0500. The van der Waals surface area contributed by atoms with E-state index in [1.54, 1.807) is 6.08 Å². The van der Waals surface area contributed by atoms with E-state index in [1.165, 1.54) is 12.1 Å². The predicted molar refractivity (Wildman–Crippen MR) is 33.8 cm³/mol.